The van der Waals surface area contributed by atoms with Crippen LogP contribution >= 0.6 is 0 Å². The van der Waals surface area contributed by atoms with E-state index < -0.39 is 14.8 Å². The Morgan fingerprint density at radius 2 is 1.86 bits per heavy atom. The maximum Gasteiger partial charge on any atom is 0.269 e. The minimum atomic E-state index is -3.75. The van der Waals surface area contributed by atoms with E-state index in [1.54, 1.807) is 0 Å². The molecule has 0 radical (unpaired) electrons. The summed E-state index contributed by atoms with van der Waals surface area (Å²) in [5, 5.41) is 10.6. The van der Waals surface area contributed by atoms with Crippen LogP contribution in [0.3, 0.4) is 0 Å². The summed E-state index contributed by atoms with van der Waals surface area (Å²) in [6.45, 7) is 2.10. The smallest absolute Gasteiger partial charge is 0.258 e. The Morgan fingerprint density at radius 1 is 1.18 bits per heavy atom. The number of aryl methyl sites for hydroxylation is 1. The Bertz CT molecular complexity index is 844. The summed E-state index contributed by atoms with van der Waals surface area (Å²) in [4.78, 5) is 14.4. The second-order valence-electron chi connectivity index (χ2n) is 5.38. The Labute approximate surface area is 127 Å². The van der Waals surface area contributed by atoms with Crippen LogP contribution < -0.4 is 0 Å². The normalized spacial score (nSPS) is 17.2. The number of fused-ring (bicyclic) bond motifs is 1. The molecule has 1 aromatic heterocycles. The molecule has 0 saturated heterocycles. The maximum absolute atomic E-state index is 12.6. The molecule has 0 bridgehead atoms. The van der Waals surface area contributed by atoms with Gasteiger partial charge in [0.05, 0.1) is 9.82 Å². The van der Waals surface area contributed by atoms with Gasteiger partial charge in [-0.05, 0) is 42.5 Å². The van der Waals surface area contributed by atoms with Crippen LogP contribution in [0.15, 0.2) is 46.3 Å². The van der Waals surface area contributed by atoms with Gasteiger partial charge in [-0.15, -0.1) is 0 Å². The van der Waals surface area contributed by atoms with Crippen molar-refractivity contribution < 1.29 is 13.3 Å². The summed E-state index contributed by atoms with van der Waals surface area (Å²) in [6, 6.07) is 8.18. The highest BCUT2D eigenvalue weighted by Crippen LogP contribution is 2.33. The van der Waals surface area contributed by atoms with Gasteiger partial charge in [0.25, 0.3) is 5.69 Å². The number of non-ortho nitro benzene ring substituents is 1. The molecular formula is C15H14N2O4S. The lowest BCUT2D eigenvalue weighted by molar-refractivity contribution is -0.384. The predicted octanol–water partition coefficient (Wildman–Crippen LogP) is 2.87. The average Bonchev–Trinajstić information content (AvgIpc) is 2.88. The molecule has 7 heteroatoms. The number of nitro groups is 1. The fourth-order valence-corrected chi connectivity index (χ4v) is 3.88. The Hall–Kier alpha value is -2.28. The lowest BCUT2D eigenvalue weighted by Crippen LogP contribution is -2.06. The number of hydrogen-bond donors (Lipinski definition) is 0. The molecule has 0 saturated carbocycles. The molecule has 1 aliphatic rings. The molecule has 0 spiro atoms. The third-order valence-electron chi connectivity index (χ3n) is 3.96. The zero-order chi connectivity index (χ0) is 15.9. The number of benzene rings is 1. The van der Waals surface area contributed by atoms with Crippen LogP contribution in [0.25, 0.3) is 0 Å². The first-order valence-corrected chi connectivity index (χ1v) is 8.37. The zero-order valence-corrected chi connectivity index (χ0v) is 12.7. The standard InChI is InChI=1S/C15H14N2O4S/c1-10-2-8-14-13(10)7-9-15(16-14)22(20,21)12-5-3-11(4-6-12)17(18)19/h3-7,9-10H,2,8H2,1H3. The topological polar surface area (TPSA) is 90.2 Å². The third kappa shape index (κ3) is 2.37. The van der Waals surface area contributed by atoms with Crippen LogP contribution in [-0.4, -0.2) is 18.3 Å². The van der Waals surface area contributed by atoms with E-state index in [0.717, 1.165) is 24.1 Å². The monoisotopic (exact) mass is 318 g/mol. The Kier molecular flexibility index (Phi) is 3.44. The second kappa shape index (κ2) is 5.17. The van der Waals surface area contributed by atoms with Gasteiger partial charge in [-0.25, -0.2) is 13.4 Å². The molecule has 1 heterocycles. The van der Waals surface area contributed by atoms with E-state index in [2.05, 4.69) is 11.9 Å². The molecule has 0 aliphatic heterocycles. The van der Waals surface area contributed by atoms with Crippen LogP contribution in [0.1, 0.15) is 30.5 Å². The van der Waals surface area contributed by atoms with Gasteiger partial charge in [-0.2, -0.15) is 0 Å². The third-order valence-corrected chi connectivity index (χ3v) is 5.63. The summed E-state index contributed by atoms with van der Waals surface area (Å²) in [6.07, 6.45) is 1.75. The first kappa shape index (κ1) is 14.6. The van der Waals surface area contributed by atoms with E-state index in [1.807, 2.05) is 6.07 Å². The van der Waals surface area contributed by atoms with E-state index in [0.29, 0.717) is 5.92 Å². The first-order chi connectivity index (χ1) is 10.4. The first-order valence-electron chi connectivity index (χ1n) is 6.89. The van der Waals surface area contributed by atoms with Crippen LogP contribution in [0.4, 0.5) is 5.69 Å². The molecule has 1 unspecified atom stereocenters. The van der Waals surface area contributed by atoms with Gasteiger partial charge in [0.15, 0.2) is 5.03 Å². The predicted molar refractivity (Wildman–Crippen MR) is 79.5 cm³/mol. The number of hydrogen-bond acceptors (Lipinski definition) is 5. The van der Waals surface area contributed by atoms with E-state index >= 15 is 0 Å². The largest absolute Gasteiger partial charge is 0.269 e. The summed E-state index contributed by atoms with van der Waals surface area (Å²) in [5.74, 6) is 0.402. The fraction of sp³-hybridized carbons (Fsp3) is 0.267. The van der Waals surface area contributed by atoms with Crippen LogP contribution in [0.2, 0.25) is 0 Å². The van der Waals surface area contributed by atoms with Gasteiger partial charge >= 0.3 is 0 Å². The summed E-state index contributed by atoms with van der Waals surface area (Å²) in [5.41, 5.74) is 1.79. The van der Waals surface area contributed by atoms with Crippen LogP contribution in [0.5, 0.6) is 0 Å². The molecule has 1 aromatic carbocycles. The number of aromatic nitrogens is 1. The summed E-state index contributed by atoms with van der Waals surface area (Å²) < 4.78 is 25.1. The van der Waals surface area contributed by atoms with Crippen molar-refractivity contribution in [2.24, 2.45) is 0 Å². The SMILES string of the molecule is CC1CCc2nc(S(=O)(=O)c3ccc([N+](=O)[O-])cc3)ccc21. The quantitative estimate of drug-likeness (QED) is 0.641. The number of rotatable bonds is 3. The highest BCUT2D eigenvalue weighted by molar-refractivity contribution is 7.91. The van der Waals surface area contributed by atoms with Crippen molar-refractivity contribution in [1.29, 1.82) is 0 Å². The van der Waals surface area contributed by atoms with Gasteiger partial charge in [0, 0.05) is 17.8 Å². The Morgan fingerprint density at radius 3 is 2.50 bits per heavy atom. The average molecular weight is 318 g/mol. The minimum Gasteiger partial charge on any atom is -0.258 e. The molecule has 0 N–H and O–H groups in total. The van der Waals surface area contributed by atoms with Crippen molar-refractivity contribution in [3.63, 3.8) is 0 Å². The molecule has 22 heavy (non-hydrogen) atoms. The van der Waals surface area contributed by atoms with Gasteiger partial charge in [-0.1, -0.05) is 13.0 Å². The zero-order valence-electron chi connectivity index (χ0n) is 11.9. The second-order valence-corrected chi connectivity index (χ2v) is 7.28. The molecule has 3 rings (SSSR count). The fourth-order valence-electron chi connectivity index (χ4n) is 2.67. The molecule has 114 valence electrons. The number of pyridine rings is 1. The molecule has 2 aromatic rings. The van der Waals surface area contributed by atoms with Crippen molar-refractivity contribution >= 4 is 15.5 Å². The number of sulfone groups is 1. The van der Waals surface area contributed by atoms with Gasteiger partial charge in [0.2, 0.25) is 9.84 Å². The van der Waals surface area contributed by atoms with Crippen molar-refractivity contribution in [2.45, 2.75) is 35.6 Å². The van der Waals surface area contributed by atoms with Gasteiger partial charge < -0.3 is 0 Å². The van der Waals surface area contributed by atoms with Crippen molar-refractivity contribution in [3.8, 4) is 0 Å². The van der Waals surface area contributed by atoms with E-state index in [-0.39, 0.29) is 15.6 Å². The van der Waals surface area contributed by atoms with Crippen LogP contribution in [-0.2, 0) is 16.3 Å². The van der Waals surface area contributed by atoms with Gasteiger partial charge in [0.1, 0.15) is 0 Å². The number of nitro benzene ring substituents is 1. The molecule has 1 atom stereocenters. The van der Waals surface area contributed by atoms with Crippen LogP contribution in [0, 0.1) is 10.1 Å². The highest BCUT2D eigenvalue weighted by Gasteiger charge is 2.25. The minimum absolute atomic E-state index is 0.00537. The summed E-state index contributed by atoms with van der Waals surface area (Å²) in [7, 11) is -3.75. The lowest BCUT2D eigenvalue weighted by Gasteiger charge is -2.07. The summed E-state index contributed by atoms with van der Waals surface area (Å²) >= 11 is 0. The molecular weight excluding hydrogens is 304 g/mol. The maximum atomic E-state index is 12.6. The lowest BCUT2D eigenvalue weighted by atomic mass is 10.1. The molecule has 0 fully saturated rings. The van der Waals surface area contributed by atoms with Crippen molar-refractivity contribution in [1.82, 2.24) is 4.98 Å². The van der Waals surface area contributed by atoms with E-state index in [9.17, 15) is 18.5 Å². The van der Waals surface area contributed by atoms with Gasteiger partial charge in [-0.3, -0.25) is 10.1 Å². The highest BCUT2D eigenvalue weighted by atomic mass is 32.2. The van der Waals surface area contributed by atoms with Crippen molar-refractivity contribution in [3.05, 3.63) is 57.8 Å². The Balaban J connectivity index is 2.01. The number of nitrogens with zero attached hydrogens (tertiary/aromatic N) is 2. The van der Waals surface area contributed by atoms with Crippen molar-refractivity contribution in [2.75, 3.05) is 0 Å². The molecule has 0 amide bonds. The molecule has 6 nitrogen and oxygen atoms in total. The molecule has 1 aliphatic carbocycles. The van der Waals surface area contributed by atoms with E-state index in [1.165, 1.54) is 30.3 Å². The van der Waals surface area contributed by atoms with E-state index in [4.69, 9.17) is 0 Å².